The number of hydrogen-bond acceptors (Lipinski definition) is 3. The Morgan fingerprint density at radius 1 is 1.41 bits per heavy atom. The molecule has 1 aromatic carbocycles. The molecule has 0 amide bonds. The van der Waals surface area contributed by atoms with Crippen molar-refractivity contribution in [1.29, 1.82) is 0 Å². The van der Waals surface area contributed by atoms with Crippen LogP contribution in [0.4, 0.5) is 0 Å². The zero-order valence-electron chi connectivity index (χ0n) is 10.2. The quantitative estimate of drug-likeness (QED) is 0.926. The van der Waals surface area contributed by atoms with Gasteiger partial charge < -0.3 is 15.2 Å². The maximum Gasteiger partial charge on any atom is 0.166 e. The van der Waals surface area contributed by atoms with E-state index in [0.29, 0.717) is 6.10 Å². The lowest BCUT2D eigenvalue weighted by atomic mass is 9.96. The minimum atomic E-state index is -0.0727. The number of benzene rings is 1. The Morgan fingerprint density at radius 3 is 2.59 bits per heavy atom. The molecule has 1 atom stereocenters. The second-order valence-electron chi connectivity index (χ2n) is 4.49. The number of hydrogen-bond donors (Lipinski definition) is 1. The summed E-state index contributed by atoms with van der Waals surface area (Å²) < 4.78 is 12.3. The van der Waals surface area contributed by atoms with Gasteiger partial charge in [-0.25, -0.2) is 0 Å². The van der Waals surface area contributed by atoms with Gasteiger partial charge in [0.05, 0.1) is 13.2 Å². The molecule has 2 N–H and O–H groups in total. The van der Waals surface area contributed by atoms with Crippen LogP contribution in [-0.2, 0) is 0 Å². The summed E-state index contributed by atoms with van der Waals surface area (Å²) in [5, 5.41) is 0. The molecule has 0 heterocycles. The average Bonchev–Trinajstić information content (AvgIpc) is 2.23. The molecule has 0 bridgehead atoms. The van der Waals surface area contributed by atoms with Gasteiger partial charge in [-0.05, 0) is 38.3 Å². The summed E-state index contributed by atoms with van der Waals surface area (Å²) >= 11 is 3.46. The fourth-order valence-corrected chi connectivity index (χ4v) is 2.31. The van der Waals surface area contributed by atoms with E-state index in [4.69, 9.17) is 15.2 Å². The van der Waals surface area contributed by atoms with E-state index >= 15 is 0 Å². The number of ether oxygens (including phenoxy) is 2. The molecule has 1 aliphatic carbocycles. The van der Waals surface area contributed by atoms with Gasteiger partial charge in [-0.2, -0.15) is 0 Å². The van der Waals surface area contributed by atoms with Crippen LogP contribution >= 0.6 is 15.9 Å². The molecule has 0 aliphatic heterocycles. The SMILES string of the molecule is COc1cc(Br)cc(C(C)N)c1OC1CCC1. The van der Waals surface area contributed by atoms with E-state index in [1.54, 1.807) is 7.11 Å². The topological polar surface area (TPSA) is 44.5 Å². The number of nitrogens with two attached hydrogens (primary N) is 1. The molecule has 0 saturated heterocycles. The zero-order valence-corrected chi connectivity index (χ0v) is 11.8. The van der Waals surface area contributed by atoms with Gasteiger partial charge in [0, 0.05) is 16.1 Å². The maximum absolute atomic E-state index is 5.99. The highest BCUT2D eigenvalue weighted by atomic mass is 79.9. The van der Waals surface area contributed by atoms with E-state index in [9.17, 15) is 0 Å². The molecule has 0 aromatic heterocycles. The predicted octanol–water partition coefficient (Wildman–Crippen LogP) is 3.41. The highest BCUT2D eigenvalue weighted by Crippen LogP contribution is 2.40. The van der Waals surface area contributed by atoms with Gasteiger partial charge in [-0.1, -0.05) is 15.9 Å². The predicted molar refractivity (Wildman–Crippen MR) is 71.6 cm³/mol. The van der Waals surface area contributed by atoms with Crippen LogP contribution in [0.3, 0.4) is 0 Å². The third-order valence-corrected chi connectivity index (χ3v) is 3.55. The Morgan fingerprint density at radius 2 is 2.12 bits per heavy atom. The Kier molecular flexibility index (Phi) is 3.94. The number of halogens is 1. The molecule has 94 valence electrons. The molecule has 1 aliphatic rings. The second-order valence-corrected chi connectivity index (χ2v) is 5.40. The molecule has 1 aromatic rings. The minimum absolute atomic E-state index is 0.0727. The molecule has 2 rings (SSSR count). The van der Waals surface area contributed by atoms with Crippen LogP contribution in [0.5, 0.6) is 11.5 Å². The molecule has 17 heavy (non-hydrogen) atoms. The first-order chi connectivity index (χ1) is 8.11. The van der Waals surface area contributed by atoms with Crippen LogP contribution < -0.4 is 15.2 Å². The molecule has 1 unspecified atom stereocenters. The van der Waals surface area contributed by atoms with Crippen molar-refractivity contribution in [3.05, 3.63) is 22.2 Å². The molecular formula is C13H18BrNO2. The van der Waals surface area contributed by atoms with Crippen molar-refractivity contribution >= 4 is 15.9 Å². The van der Waals surface area contributed by atoms with Crippen LogP contribution in [0.2, 0.25) is 0 Å². The minimum Gasteiger partial charge on any atom is -0.493 e. The Balaban J connectivity index is 2.36. The summed E-state index contributed by atoms with van der Waals surface area (Å²) in [6.45, 7) is 1.95. The van der Waals surface area contributed by atoms with E-state index < -0.39 is 0 Å². The number of rotatable bonds is 4. The monoisotopic (exact) mass is 299 g/mol. The molecule has 1 fully saturated rings. The standard InChI is InChI=1S/C13H18BrNO2/c1-8(15)11-6-9(14)7-12(16-2)13(11)17-10-4-3-5-10/h6-8,10H,3-5,15H2,1-2H3. The summed E-state index contributed by atoms with van der Waals surface area (Å²) in [5.74, 6) is 1.55. The first-order valence-electron chi connectivity index (χ1n) is 5.91. The van der Waals surface area contributed by atoms with Gasteiger partial charge in [-0.15, -0.1) is 0 Å². The molecule has 0 radical (unpaired) electrons. The lowest BCUT2D eigenvalue weighted by molar-refractivity contribution is 0.114. The Bertz CT molecular complexity index is 403. The summed E-state index contributed by atoms with van der Waals surface area (Å²) in [6.07, 6.45) is 3.81. The fourth-order valence-electron chi connectivity index (χ4n) is 1.86. The molecular weight excluding hydrogens is 282 g/mol. The summed E-state index contributed by atoms with van der Waals surface area (Å²) in [7, 11) is 1.65. The van der Waals surface area contributed by atoms with E-state index in [0.717, 1.165) is 34.4 Å². The molecule has 3 nitrogen and oxygen atoms in total. The van der Waals surface area contributed by atoms with Crippen molar-refractivity contribution in [1.82, 2.24) is 0 Å². The van der Waals surface area contributed by atoms with E-state index in [1.165, 1.54) is 6.42 Å². The smallest absolute Gasteiger partial charge is 0.166 e. The first-order valence-corrected chi connectivity index (χ1v) is 6.70. The third-order valence-electron chi connectivity index (χ3n) is 3.10. The second kappa shape index (κ2) is 5.27. The van der Waals surface area contributed by atoms with Crippen molar-refractivity contribution in [2.75, 3.05) is 7.11 Å². The maximum atomic E-state index is 5.99. The van der Waals surface area contributed by atoms with Gasteiger partial charge in [0.25, 0.3) is 0 Å². The summed E-state index contributed by atoms with van der Waals surface area (Å²) in [6, 6.07) is 3.85. The van der Waals surface area contributed by atoms with Crippen molar-refractivity contribution in [2.24, 2.45) is 5.73 Å². The van der Waals surface area contributed by atoms with Crippen LogP contribution in [0.25, 0.3) is 0 Å². The molecule has 4 heteroatoms. The normalized spacial score (nSPS) is 17.4. The first kappa shape index (κ1) is 12.7. The Hall–Kier alpha value is -0.740. The van der Waals surface area contributed by atoms with Gasteiger partial charge in [-0.3, -0.25) is 0 Å². The van der Waals surface area contributed by atoms with Crippen LogP contribution in [0, 0.1) is 0 Å². The van der Waals surface area contributed by atoms with E-state index in [2.05, 4.69) is 15.9 Å². The highest BCUT2D eigenvalue weighted by molar-refractivity contribution is 9.10. The third kappa shape index (κ3) is 2.75. The van der Waals surface area contributed by atoms with Crippen molar-refractivity contribution in [3.8, 4) is 11.5 Å². The lowest BCUT2D eigenvalue weighted by Crippen LogP contribution is -2.26. The summed E-state index contributed by atoms with van der Waals surface area (Å²) in [4.78, 5) is 0. The van der Waals surface area contributed by atoms with Gasteiger partial charge in [0.1, 0.15) is 0 Å². The van der Waals surface area contributed by atoms with Crippen molar-refractivity contribution in [3.63, 3.8) is 0 Å². The van der Waals surface area contributed by atoms with Gasteiger partial charge in [0.2, 0.25) is 0 Å². The average molecular weight is 300 g/mol. The van der Waals surface area contributed by atoms with Crippen LogP contribution in [0.1, 0.15) is 37.8 Å². The highest BCUT2D eigenvalue weighted by Gasteiger charge is 2.23. The fraction of sp³-hybridized carbons (Fsp3) is 0.538. The van der Waals surface area contributed by atoms with Gasteiger partial charge in [0.15, 0.2) is 11.5 Å². The zero-order chi connectivity index (χ0) is 12.4. The molecule has 0 spiro atoms. The largest absolute Gasteiger partial charge is 0.493 e. The van der Waals surface area contributed by atoms with Gasteiger partial charge >= 0.3 is 0 Å². The summed E-state index contributed by atoms with van der Waals surface area (Å²) in [5.41, 5.74) is 6.97. The lowest BCUT2D eigenvalue weighted by Gasteiger charge is -2.29. The van der Waals surface area contributed by atoms with Crippen molar-refractivity contribution < 1.29 is 9.47 Å². The Labute approximate surface area is 110 Å². The van der Waals surface area contributed by atoms with Crippen LogP contribution in [0.15, 0.2) is 16.6 Å². The molecule has 1 saturated carbocycles. The van der Waals surface area contributed by atoms with Crippen LogP contribution in [-0.4, -0.2) is 13.2 Å². The number of methoxy groups -OCH3 is 1. The van der Waals surface area contributed by atoms with Crippen molar-refractivity contribution in [2.45, 2.75) is 38.3 Å². The van der Waals surface area contributed by atoms with E-state index in [1.807, 2.05) is 19.1 Å². The van der Waals surface area contributed by atoms with E-state index in [-0.39, 0.29) is 6.04 Å².